The second kappa shape index (κ2) is 8.32. The van der Waals surface area contributed by atoms with Gasteiger partial charge in [0, 0.05) is 24.5 Å². The number of rotatable bonds is 8. The maximum Gasteiger partial charge on any atom is 0.214 e. The summed E-state index contributed by atoms with van der Waals surface area (Å²) in [7, 11) is -3.43. The van der Waals surface area contributed by atoms with Crippen molar-refractivity contribution in [2.45, 2.75) is 26.3 Å². The van der Waals surface area contributed by atoms with Gasteiger partial charge in [-0.25, -0.2) is 12.8 Å². The van der Waals surface area contributed by atoms with E-state index in [-0.39, 0.29) is 30.0 Å². The molecule has 21 heavy (non-hydrogen) atoms. The number of unbranched alkanes of at least 4 members (excludes halogenated alkanes) is 1. The van der Waals surface area contributed by atoms with Crippen LogP contribution in [0.25, 0.3) is 0 Å². The molecule has 116 valence electrons. The number of nitrogens with zero attached hydrogens (tertiary/aromatic N) is 2. The first kappa shape index (κ1) is 17.9. The van der Waals surface area contributed by atoms with Crippen molar-refractivity contribution in [3.8, 4) is 6.07 Å². The highest BCUT2D eigenvalue weighted by molar-refractivity contribution is 7.89. The standard InChI is InChI=1S/C14H18ClFN2O2S/c1-2-18(21(19,20)8-4-3-7-15)11-13-6-5-12(10-17)9-14(13)16/h5-6,9H,2-4,7-8,11H2,1H3. The highest BCUT2D eigenvalue weighted by atomic mass is 35.5. The maximum atomic E-state index is 13.8. The average molecular weight is 333 g/mol. The molecule has 1 aromatic rings. The lowest BCUT2D eigenvalue weighted by molar-refractivity contribution is 0.414. The topological polar surface area (TPSA) is 61.2 Å². The Kier molecular flexibility index (Phi) is 7.09. The third-order valence-electron chi connectivity index (χ3n) is 3.06. The summed E-state index contributed by atoms with van der Waals surface area (Å²) in [6, 6.07) is 5.88. The van der Waals surface area contributed by atoms with Gasteiger partial charge in [0.1, 0.15) is 5.82 Å². The minimum Gasteiger partial charge on any atom is -0.212 e. The van der Waals surface area contributed by atoms with Gasteiger partial charge in [0.25, 0.3) is 0 Å². The lowest BCUT2D eigenvalue weighted by Gasteiger charge is -2.20. The van der Waals surface area contributed by atoms with Crippen molar-refractivity contribution in [3.63, 3.8) is 0 Å². The third kappa shape index (κ3) is 5.27. The van der Waals surface area contributed by atoms with Crippen LogP contribution in [0.1, 0.15) is 30.9 Å². The van der Waals surface area contributed by atoms with Gasteiger partial charge in [0.2, 0.25) is 10.0 Å². The van der Waals surface area contributed by atoms with E-state index in [9.17, 15) is 12.8 Å². The fourth-order valence-electron chi connectivity index (χ4n) is 1.85. The zero-order chi connectivity index (χ0) is 15.9. The van der Waals surface area contributed by atoms with E-state index in [0.717, 1.165) is 6.07 Å². The summed E-state index contributed by atoms with van der Waals surface area (Å²) >= 11 is 5.54. The Morgan fingerprint density at radius 2 is 2.10 bits per heavy atom. The van der Waals surface area contributed by atoms with Gasteiger partial charge in [-0.1, -0.05) is 13.0 Å². The molecule has 0 aliphatic rings. The van der Waals surface area contributed by atoms with E-state index < -0.39 is 15.8 Å². The van der Waals surface area contributed by atoms with Crippen LogP contribution in [0.5, 0.6) is 0 Å². The highest BCUT2D eigenvalue weighted by Gasteiger charge is 2.21. The van der Waals surface area contributed by atoms with Gasteiger partial charge in [-0.2, -0.15) is 9.57 Å². The van der Waals surface area contributed by atoms with E-state index in [1.165, 1.54) is 16.4 Å². The molecular formula is C14H18ClFN2O2S. The molecule has 0 heterocycles. The maximum absolute atomic E-state index is 13.8. The summed E-state index contributed by atoms with van der Waals surface area (Å²) in [6.45, 7) is 1.94. The molecule has 7 heteroatoms. The van der Waals surface area contributed by atoms with Crippen LogP contribution in [-0.4, -0.2) is 30.9 Å². The molecule has 0 atom stereocenters. The highest BCUT2D eigenvalue weighted by Crippen LogP contribution is 2.15. The number of hydrogen-bond acceptors (Lipinski definition) is 3. The zero-order valence-electron chi connectivity index (χ0n) is 11.8. The van der Waals surface area contributed by atoms with Gasteiger partial charge >= 0.3 is 0 Å². The van der Waals surface area contributed by atoms with E-state index in [4.69, 9.17) is 16.9 Å². The van der Waals surface area contributed by atoms with E-state index in [1.54, 1.807) is 6.92 Å². The molecule has 0 amide bonds. The fourth-order valence-corrected chi connectivity index (χ4v) is 3.60. The predicted molar refractivity (Wildman–Crippen MR) is 80.9 cm³/mol. The van der Waals surface area contributed by atoms with Crippen LogP contribution in [0.4, 0.5) is 4.39 Å². The van der Waals surface area contributed by atoms with E-state index in [0.29, 0.717) is 18.7 Å². The van der Waals surface area contributed by atoms with Crippen molar-refractivity contribution in [1.82, 2.24) is 4.31 Å². The third-order valence-corrected chi connectivity index (χ3v) is 5.31. The van der Waals surface area contributed by atoms with Crippen molar-refractivity contribution in [3.05, 3.63) is 35.1 Å². The Morgan fingerprint density at radius 3 is 2.62 bits per heavy atom. The van der Waals surface area contributed by atoms with Crippen LogP contribution < -0.4 is 0 Å². The Morgan fingerprint density at radius 1 is 1.38 bits per heavy atom. The van der Waals surface area contributed by atoms with Crippen LogP contribution in [0.2, 0.25) is 0 Å². The Balaban J connectivity index is 2.85. The van der Waals surface area contributed by atoms with Crippen molar-refractivity contribution < 1.29 is 12.8 Å². The zero-order valence-corrected chi connectivity index (χ0v) is 13.4. The van der Waals surface area contributed by atoms with Gasteiger partial charge in [0.05, 0.1) is 17.4 Å². The monoisotopic (exact) mass is 332 g/mol. The number of nitriles is 1. The van der Waals surface area contributed by atoms with Crippen LogP contribution in [0.3, 0.4) is 0 Å². The molecule has 0 saturated carbocycles. The van der Waals surface area contributed by atoms with Crippen molar-refractivity contribution >= 4 is 21.6 Å². The fraction of sp³-hybridized carbons (Fsp3) is 0.500. The van der Waals surface area contributed by atoms with Crippen molar-refractivity contribution in [2.75, 3.05) is 18.2 Å². The van der Waals surface area contributed by atoms with Gasteiger partial charge in [-0.05, 0) is 25.0 Å². The molecule has 0 aliphatic heterocycles. The second-order valence-corrected chi connectivity index (χ2v) is 7.02. The largest absolute Gasteiger partial charge is 0.214 e. The van der Waals surface area contributed by atoms with Gasteiger partial charge < -0.3 is 0 Å². The summed E-state index contributed by atoms with van der Waals surface area (Å²) in [5.41, 5.74) is 0.473. The quantitative estimate of drug-likeness (QED) is 0.543. The number of hydrogen-bond donors (Lipinski definition) is 0. The number of benzene rings is 1. The predicted octanol–water partition coefficient (Wildman–Crippen LogP) is 2.87. The molecule has 0 unspecified atom stereocenters. The first-order chi connectivity index (χ1) is 9.94. The molecule has 0 spiro atoms. The first-order valence-electron chi connectivity index (χ1n) is 6.67. The molecule has 0 bridgehead atoms. The number of halogens is 2. The minimum absolute atomic E-state index is 0.00541. The van der Waals surface area contributed by atoms with E-state index >= 15 is 0 Å². The normalized spacial score (nSPS) is 11.6. The average Bonchev–Trinajstić information content (AvgIpc) is 2.45. The summed E-state index contributed by atoms with van der Waals surface area (Å²) in [5, 5.41) is 8.70. The van der Waals surface area contributed by atoms with Crippen molar-refractivity contribution in [1.29, 1.82) is 5.26 Å². The molecule has 0 fully saturated rings. The number of sulfonamides is 1. The first-order valence-corrected chi connectivity index (χ1v) is 8.81. The van der Waals surface area contributed by atoms with Gasteiger partial charge in [0.15, 0.2) is 0 Å². The number of alkyl halides is 1. The molecule has 0 aliphatic carbocycles. The molecule has 0 aromatic heterocycles. The molecule has 4 nitrogen and oxygen atoms in total. The smallest absolute Gasteiger partial charge is 0.212 e. The SMILES string of the molecule is CCN(Cc1ccc(C#N)cc1F)S(=O)(=O)CCCCCl. The summed E-state index contributed by atoms with van der Waals surface area (Å²) in [4.78, 5) is 0. The Bertz CT molecular complexity index is 614. The molecule has 0 radical (unpaired) electrons. The van der Waals surface area contributed by atoms with Crippen LogP contribution in [-0.2, 0) is 16.6 Å². The summed E-state index contributed by atoms with van der Waals surface area (Å²) in [5.74, 6) is -0.138. The summed E-state index contributed by atoms with van der Waals surface area (Å²) in [6.07, 6.45) is 1.11. The lowest BCUT2D eigenvalue weighted by Crippen LogP contribution is -2.32. The van der Waals surface area contributed by atoms with E-state index in [1.807, 2.05) is 6.07 Å². The molecule has 0 N–H and O–H groups in total. The molecule has 1 rings (SSSR count). The van der Waals surface area contributed by atoms with Crippen molar-refractivity contribution in [2.24, 2.45) is 0 Å². The van der Waals surface area contributed by atoms with E-state index in [2.05, 4.69) is 0 Å². The van der Waals surface area contributed by atoms with Gasteiger partial charge in [-0.3, -0.25) is 0 Å². The minimum atomic E-state index is -3.43. The van der Waals surface area contributed by atoms with Gasteiger partial charge in [-0.15, -0.1) is 11.6 Å². The Labute approximate surface area is 130 Å². The molecular weight excluding hydrogens is 315 g/mol. The Hall–Kier alpha value is -1.16. The molecule has 0 saturated heterocycles. The van der Waals surface area contributed by atoms with Crippen LogP contribution >= 0.6 is 11.6 Å². The lowest BCUT2D eigenvalue weighted by atomic mass is 10.1. The van der Waals surface area contributed by atoms with Crippen LogP contribution in [0, 0.1) is 17.1 Å². The summed E-state index contributed by atoms with van der Waals surface area (Å²) < 4.78 is 39.4. The molecule has 1 aromatic carbocycles. The second-order valence-electron chi connectivity index (χ2n) is 4.56. The van der Waals surface area contributed by atoms with Crippen LogP contribution in [0.15, 0.2) is 18.2 Å².